The minimum atomic E-state index is -0.695. The molecule has 0 unspecified atom stereocenters. The molecule has 0 aromatic heterocycles. The van der Waals surface area contributed by atoms with Crippen LogP contribution in [0.15, 0.2) is 60.4 Å². The quantitative estimate of drug-likeness (QED) is 0.841. The van der Waals surface area contributed by atoms with E-state index in [1.54, 1.807) is 17.9 Å². The molecule has 0 saturated heterocycles. The molecular weight excluding hydrogens is 305 g/mol. The van der Waals surface area contributed by atoms with E-state index in [9.17, 15) is 9.18 Å². The van der Waals surface area contributed by atoms with Crippen LogP contribution in [-0.4, -0.2) is 17.5 Å². The van der Waals surface area contributed by atoms with Gasteiger partial charge in [0.25, 0.3) is 5.91 Å². The molecule has 0 saturated carbocycles. The summed E-state index contributed by atoms with van der Waals surface area (Å²) in [5.41, 5.74) is 1.40. The average Bonchev–Trinajstić information content (AvgIpc) is 2.55. The second-order valence-corrected chi connectivity index (χ2v) is 6.37. The Hall–Kier alpha value is -2.62. The van der Waals surface area contributed by atoms with Gasteiger partial charge in [0.05, 0.1) is 11.1 Å². The molecule has 0 atom stereocenters. The second-order valence-electron chi connectivity index (χ2n) is 6.37. The number of carbonyl (C=O) groups excluding carboxylic acids is 1. The molecule has 1 aliphatic rings. The highest BCUT2D eigenvalue weighted by atomic mass is 19.1. The van der Waals surface area contributed by atoms with E-state index in [0.29, 0.717) is 11.3 Å². The summed E-state index contributed by atoms with van der Waals surface area (Å²) in [4.78, 5) is 14.8. The third-order valence-corrected chi connectivity index (χ3v) is 4.49. The number of carbonyl (C=O) groups is 1. The lowest BCUT2D eigenvalue weighted by Crippen LogP contribution is -2.49. The maximum Gasteiger partial charge on any atom is 0.261 e. The molecule has 3 nitrogen and oxygen atoms in total. The Morgan fingerprint density at radius 2 is 1.79 bits per heavy atom. The summed E-state index contributed by atoms with van der Waals surface area (Å²) in [5.74, 6) is 0.178. The average molecular weight is 325 g/mol. The molecule has 0 fully saturated rings. The van der Waals surface area contributed by atoms with Crippen LogP contribution in [-0.2, 0) is 15.1 Å². The summed E-state index contributed by atoms with van der Waals surface area (Å²) in [6, 6.07) is 15.8. The van der Waals surface area contributed by atoms with E-state index in [2.05, 4.69) is 0 Å². The molecule has 124 valence electrons. The number of ether oxygens (including phenoxy) is 1. The zero-order valence-corrected chi connectivity index (χ0v) is 14.0. The first kappa shape index (κ1) is 16.2. The van der Waals surface area contributed by atoms with Gasteiger partial charge in [0.15, 0.2) is 6.73 Å². The summed E-state index contributed by atoms with van der Waals surface area (Å²) in [5, 5.41) is 0. The molecular formula is C20H20FNO2. The van der Waals surface area contributed by atoms with Crippen LogP contribution in [0.2, 0.25) is 0 Å². The minimum Gasteiger partial charge on any atom is -0.477 e. The minimum absolute atomic E-state index is 0.112. The lowest BCUT2D eigenvalue weighted by atomic mass is 9.90. The molecule has 3 rings (SSSR count). The molecule has 24 heavy (non-hydrogen) atoms. The van der Waals surface area contributed by atoms with Crippen LogP contribution in [0.4, 0.5) is 4.39 Å². The highest BCUT2D eigenvalue weighted by Crippen LogP contribution is 2.35. The highest BCUT2D eigenvalue weighted by molar-refractivity contribution is 6.20. The van der Waals surface area contributed by atoms with Crippen molar-refractivity contribution in [2.75, 3.05) is 6.73 Å². The molecule has 0 spiro atoms. The van der Waals surface area contributed by atoms with Crippen LogP contribution in [0, 0.1) is 5.82 Å². The molecule has 2 aromatic rings. The van der Waals surface area contributed by atoms with Gasteiger partial charge in [-0.25, -0.2) is 4.39 Å². The smallest absolute Gasteiger partial charge is 0.261 e. The normalized spacial score (nSPS) is 15.5. The number of benzene rings is 2. The van der Waals surface area contributed by atoms with Crippen molar-refractivity contribution in [2.24, 2.45) is 0 Å². The maximum absolute atomic E-state index is 13.6. The second kappa shape index (κ2) is 6.11. The van der Waals surface area contributed by atoms with Gasteiger partial charge in [-0.1, -0.05) is 42.5 Å². The van der Waals surface area contributed by atoms with Crippen molar-refractivity contribution < 1.29 is 13.9 Å². The molecule has 4 heteroatoms. The summed E-state index contributed by atoms with van der Waals surface area (Å²) < 4.78 is 19.4. The van der Waals surface area contributed by atoms with Gasteiger partial charge in [-0.05, 0) is 44.0 Å². The summed E-state index contributed by atoms with van der Waals surface area (Å²) in [6.07, 6.45) is 0. The van der Waals surface area contributed by atoms with Crippen LogP contribution >= 0.6 is 0 Å². The molecule has 2 aromatic carbocycles. The summed E-state index contributed by atoms with van der Waals surface area (Å²) in [7, 11) is 0. The number of allylic oxidation sites excluding steroid dienone is 1. The fraction of sp³-hybridized carbons (Fsp3) is 0.250. The number of halogens is 1. The Kier molecular flexibility index (Phi) is 4.14. The highest BCUT2D eigenvalue weighted by Gasteiger charge is 2.38. The number of amides is 1. The van der Waals surface area contributed by atoms with Crippen LogP contribution in [0.25, 0.3) is 5.57 Å². The molecule has 1 amide bonds. The predicted molar refractivity (Wildman–Crippen MR) is 91.3 cm³/mol. The van der Waals surface area contributed by atoms with Gasteiger partial charge in [-0.2, -0.15) is 0 Å². The Balaban J connectivity index is 2.00. The van der Waals surface area contributed by atoms with Gasteiger partial charge in [0.2, 0.25) is 0 Å². The topological polar surface area (TPSA) is 29.5 Å². The first-order chi connectivity index (χ1) is 11.4. The monoisotopic (exact) mass is 325 g/mol. The molecule has 0 N–H and O–H groups in total. The molecule has 0 radical (unpaired) electrons. The van der Waals surface area contributed by atoms with Gasteiger partial charge in [0, 0.05) is 0 Å². The first-order valence-electron chi connectivity index (χ1n) is 7.88. The SMILES string of the molecule is CC1=C(c2ccccc2)C(=O)N(C(C)(C)c2cccc(F)c2)CO1. The van der Waals surface area contributed by atoms with Crippen LogP contribution < -0.4 is 0 Å². The molecule has 0 aliphatic carbocycles. The lowest BCUT2D eigenvalue weighted by Gasteiger charge is -2.41. The van der Waals surface area contributed by atoms with Gasteiger partial charge in [0.1, 0.15) is 11.6 Å². The van der Waals surface area contributed by atoms with Gasteiger partial charge < -0.3 is 4.74 Å². The third kappa shape index (κ3) is 2.80. The van der Waals surface area contributed by atoms with E-state index < -0.39 is 5.54 Å². The Morgan fingerprint density at radius 3 is 2.46 bits per heavy atom. The van der Waals surface area contributed by atoms with Crippen molar-refractivity contribution in [3.8, 4) is 0 Å². The molecule has 0 bridgehead atoms. The molecule has 1 aliphatic heterocycles. The van der Waals surface area contributed by atoms with E-state index in [1.165, 1.54) is 12.1 Å². The zero-order chi connectivity index (χ0) is 17.3. The number of nitrogens with zero attached hydrogens (tertiary/aromatic N) is 1. The Bertz CT molecular complexity index is 796. The van der Waals surface area contributed by atoms with Crippen molar-refractivity contribution >= 4 is 11.5 Å². The van der Waals surface area contributed by atoms with Gasteiger partial charge >= 0.3 is 0 Å². The Labute approximate surface area is 141 Å². The van der Waals surface area contributed by atoms with Gasteiger partial charge in [-0.15, -0.1) is 0 Å². The maximum atomic E-state index is 13.6. The van der Waals surface area contributed by atoms with E-state index in [1.807, 2.05) is 50.2 Å². The molecule has 1 heterocycles. The van der Waals surface area contributed by atoms with Crippen LogP contribution in [0.1, 0.15) is 31.9 Å². The zero-order valence-electron chi connectivity index (χ0n) is 14.0. The fourth-order valence-electron chi connectivity index (χ4n) is 2.95. The van der Waals surface area contributed by atoms with E-state index in [-0.39, 0.29) is 18.5 Å². The number of rotatable bonds is 3. The summed E-state index contributed by atoms with van der Waals surface area (Å²) >= 11 is 0. The van der Waals surface area contributed by atoms with E-state index >= 15 is 0 Å². The standard InChI is InChI=1S/C20H20FNO2/c1-14-18(15-8-5-4-6-9-15)19(23)22(13-24-14)20(2,3)16-10-7-11-17(21)12-16/h4-12H,13H2,1-3H3. The van der Waals surface area contributed by atoms with Crippen LogP contribution in [0.3, 0.4) is 0 Å². The van der Waals surface area contributed by atoms with Crippen molar-refractivity contribution in [2.45, 2.75) is 26.3 Å². The first-order valence-corrected chi connectivity index (χ1v) is 7.88. The van der Waals surface area contributed by atoms with Crippen molar-refractivity contribution in [3.63, 3.8) is 0 Å². The van der Waals surface area contributed by atoms with Crippen LogP contribution in [0.5, 0.6) is 0 Å². The predicted octanol–water partition coefficient (Wildman–Crippen LogP) is 4.31. The third-order valence-electron chi connectivity index (χ3n) is 4.49. The van der Waals surface area contributed by atoms with E-state index in [4.69, 9.17) is 4.74 Å². The lowest BCUT2D eigenvalue weighted by molar-refractivity contribution is -0.139. The number of hydrogen-bond acceptors (Lipinski definition) is 2. The Morgan fingerprint density at radius 1 is 1.08 bits per heavy atom. The fourth-order valence-corrected chi connectivity index (χ4v) is 2.95. The van der Waals surface area contributed by atoms with Crippen molar-refractivity contribution in [1.29, 1.82) is 0 Å². The van der Waals surface area contributed by atoms with Crippen molar-refractivity contribution in [1.82, 2.24) is 4.90 Å². The van der Waals surface area contributed by atoms with E-state index in [0.717, 1.165) is 11.1 Å². The largest absolute Gasteiger partial charge is 0.477 e. The number of hydrogen-bond donors (Lipinski definition) is 0. The van der Waals surface area contributed by atoms with Gasteiger partial charge in [-0.3, -0.25) is 9.69 Å². The van der Waals surface area contributed by atoms with Crippen molar-refractivity contribution in [3.05, 3.63) is 77.3 Å². The summed E-state index contributed by atoms with van der Waals surface area (Å²) in [6.45, 7) is 5.73.